The fourth-order valence-corrected chi connectivity index (χ4v) is 3.93. The van der Waals surface area contributed by atoms with E-state index in [0.717, 1.165) is 19.6 Å². The summed E-state index contributed by atoms with van der Waals surface area (Å²) in [6.45, 7) is 3.31. The zero-order valence-corrected chi connectivity index (χ0v) is 12.4. The summed E-state index contributed by atoms with van der Waals surface area (Å²) < 4.78 is 0. The number of hydrogen-bond donors (Lipinski definition) is 2. The van der Waals surface area contributed by atoms with Crippen LogP contribution in [0.25, 0.3) is 0 Å². The van der Waals surface area contributed by atoms with E-state index in [1.807, 2.05) is 0 Å². The third-order valence-corrected chi connectivity index (χ3v) is 5.03. The van der Waals surface area contributed by atoms with Gasteiger partial charge < -0.3 is 10.4 Å². The monoisotopic (exact) mass is 288 g/mol. The molecule has 3 rings (SSSR count). The highest BCUT2D eigenvalue weighted by molar-refractivity contribution is 5.73. The van der Waals surface area contributed by atoms with Gasteiger partial charge in [-0.25, -0.2) is 0 Å². The molecule has 1 atom stereocenters. The van der Waals surface area contributed by atoms with E-state index in [4.69, 9.17) is 0 Å². The van der Waals surface area contributed by atoms with E-state index < -0.39 is 12.0 Å². The number of piperazine rings is 1. The van der Waals surface area contributed by atoms with Gasteiger partial charge in [0, 0.05) is 31.6 Å². The van der Waals surface area contributed by atoms with E-state index in [1.165, 1.54) is 31.2 Å². The summed E-state index contributed by atoms with van der Waals surface area (Å²) in [5, 5.41) is 12.3. The fourth-order valence-electron chi connectivity index (χ4n) is 3.93. The van der Waals surface area contributed by atoms with Crippen LogP contribution < -0.4 is 5.32 Å². The van der Waals surface area contributed by atoms with Crippen LogP contribution in [0.4, 0.5) is 0 Å². The Labute approximate surface area is 126 Å². The zero-order chi connectivity index (χ0) is 14.7. The molecular weight excluding hydrogens is 264 g/mol. The third-order valence-electron chi connectivity index (χ3n) is 5.03. The Hall–Kier alpha value is -1.39. The molecule has 21 heavy (non-hydrogen) atoms. The maximum Gasteiger partial charge on any atom is 0.322 e. The first-order chi connectivity index (χ1) is 10.2. The van der Waals surface area contributed by atoms with Crippen molar-refractivity contribution in [2.75, 3.05) is 26.2 Å². The molecule has 0 bridgehead atoms. The van der Waals surface area contributed by atoms with Gasteiger partial charge in [0.25, 0.3) is 0 Å². The second kappa shape index (κ2) is 6.16. The molecule has 2 aliphatic rings. The predicted molar refractivity (Wildman–Crippen MR) is 82.5 cm³/mol. The van der Waals surface area contributed by atoms with Gasteiger partial charge in [-0.2, -0.15) is 0 Å². The molecule has 1 unspecified atom stereocenters. The molecule has 1 heterocycles. The first-order valence-electron chi connectivity index (χ1n) is 7.94. The molecular formula is C17H24N2O2. The predicted octanol–water partition coefficient (Wildman–Crippen LogP) is 1.86. The standard InChI is InChI=1S/C17H24N2O2/c20-16(21)15-12-19(11-10-18-15)13-17(8-4-5-9-17)14-6-2-1-3-7-14/h1-3,6-7,15,18H,4-5,8-13H2,(H,20,21). The van der Waals surface area contributed by atoms with Crippen molar-refractivity contribution in [3.8, 4) is 0 Å². The Morgan fingerprint density at radius 2 is 2.00 bits per heavy atom. The second-order valence-corrected chi connectivity index (χ2v) is 6.43. The number of benzene rings is 1. The van der Waals surface area contributed by atoms with Gasteiger partial charge in [0.05, 0.1) is 0 Å². The van der Waals surface area contributed by atoms with Gasteiger partial charge in [0.1, 0.15) is 6.04 Å². The van der Waals surface area contributed by atoms with Crippen LogP contribution in [0, 0.1) is 0 Å². The zero-order valence-electron chi connectivity index (χ0n) is 12.4. The Morgan fingerprint density at radius 1 is 1.29 bits per heavy atom. The third kappa shape index (κ3) is 3.11. The van der Waals surface area contributed by atoms with Gasteiger partial charge in [0.2, 0.25) is 0 Å². The minimum Gasteiger partial charge on any atom is -0.480 e. The Bertz CT molecular complexity index is 483. The van der Waals surface area contributed by atoms with Crippen molar-refractivity contribution in [2.24, 2.45) is 0 Å². The van der Waals surface area contributed by atoms with Crippen molar-refractivity contribution < 1.29 is 9.90 Å². The molecule has 1 aliphatic heterocycles. The lowest BCUT2D eigenvalue weighted by atomic mass is 9.78. The number of carboxylic acid groups (broad SMARTS) is 1. The number of aliphatic carboxylic acids is 1. The smallest absolute Gasteiger partial charge is 0.322 e. The molecule has 0 radical (unpaired) electrons. The highest BCUT2D eigenvalue weighted by atomic mass is 16.4. The van der Waals surface area contributed by atoms with E-state index in [0.29, 0.717) is 6.54 Å². The van der Waals surface area contributed by atoms with Crippen LogP contribution in [0.15, 0.2) is 30.3 Å². The summed E-state index contributed by atoms with van der Waals surface area (Å²) in [5.74, 6) is -0.736. The van der Waals surface area contributed by atoms with Gasteiger partial charge in [-0.05, 0) is 18.4 Å². The van der Waals surface area contributed by atoms with Crippen molar-refractivity contribution in [3.63, 3.8) is 0 Å². The molecule has 2 N–H and O–H groups in total. The molecule has 4 heteroatoms. The van der Waals surface area contributed by atoms with Crippen molar-refractivity contribution in [1.82, 2.24) is 10.2 Å². The largest absolute Gasteiger partial charge is 0.480 e. The van der Waals surface area contributed by atoms with Crippen LogP contribution in [-0.2, 0) is 10.2 Å². The van der Waals surface area contributed by atoms with Crippen LogP contribution >= 0.6 is 0 Å². The number of hydrogen-bond acceptors (Lipinski definition) is 3. The maximum atomic E-state index is 11.2. The number of carbonyl (C=O) groups is 1. The molecule has 1 saturated carbocycles. The minimum atomic E-state index is -0.736. The summed E-state index contributed by atoms with van der Waals surface area (Å²) >= 11 is 0. The van der Waals surface area contributed by atoms with E-state index in [1.54, 1.807) is 0 Å². The number of nitrogens with one attached hydrogen (secondary N) is 1. The molecule has 1 saturated heterocycles. The summed E-state index contributed by atoms with van der Waals surface area (Å²) in [5.41, 5.74) is 1.65. The molecule has 1 aliphatic carbocycles. The molecule has 114 valence electrons. The average Bonchev–Trinajstić information content (AvgIpc) is 2.98. The van der Waals surface area contributed by atoms with Crippen molar-refractivity contribution in [1.29, 1.82) is 0 Å². The quantitative estimate of drug-likeness (QED) is 0.888. The maximum absolute atomic E-state index is 11.2. The van der Waals surface area contributed by atoms with Crippen LogP contribution in [-0.4, -0.2) is 48.2 Å². The van der Waals surface area contributed by atoms with Crippen LogP contribution in [0.3, 0.4) is 0 Å². The highest BCUT2D eigenvalue weighted by Gasteiger charge is 2.38. The van der Waals surface area contributed by atoms with E-state index >= 15 is 0 Å². The number of nitrogens with zero attached hydrogens (tertiary/aromatic N) is 1. The topological polar surface area (TPSA) is 52.6 Å². The SMILES string of the molecule is O=C(O)C1CN(CC2(c3ccccc3)CCCC2)CCN1. The van der Waals surface area contributed by atoms with Crippen LogP contribution in [0.2, 0.25) is 0 Å². The lowest BCUT2D eigenvalue weighted by molar-refractivity contribution is -0.140. The van der Waals surface area contributed by atoms with Gasteiger partial charge in [-0.3, -0.25) is 9.69 Å². The molecule has 0 spiro atoms. The number of carboxylic acids is 1. The molecule has 4 nitrogen and oxygen atoms in total. The van der Waals surface area contributed by atoms with E-state index in [2.05, 4.69) is 40.5 Å². The summed E-state index contributed by atoms with van der Waals surface area (Å²) in [7, 11) is 0. The summed E-state index contributed by atoms with van der Waals surface area (Å²) in [6, 6.07) is 10.4. The Kier molecular flexibility index (Phi) is 4.27. The Morgan fingerprint density at radius 3 is 2.67 bits per heavy atom. The normalized spacial score (nSPS) is 25.8. The summed E-state index contributed by atoms with van der Waals surface area (Å²) in [4.78, 5) is 13.5. The fraction of sp³-hybridized carbons (Fsp3) is 0.588. The van der Waals surface area contributed by atoms with E-state index in [9.17, 15) is 9.90 Å². The van der Waals surface area contributed by atoms with E-state index in [-0.39, 0.29) is 5.41 Å². The first kappa shape index (κ1) is 14.5. The Balaban J connectivity index is 1.75. The van der Waals surface area contributed by atoms with Crippen molar-refractivity contribution in [2.45, 2.75) is 37.1 Å². The molecule has 2 fully saturated rings. The van der Waals surface area contributed by atoms with Gasteiger partial charge in [0.15, 0.2) is 0 Å². The molecule has 0 aromatic heterocycles. The first-order valence-corrected chi connectivity index (χ1v) is 7.94. The molecule has 1 aromatic rings. The average molecular weight is 288 g/mol. The van der Waals surface area contributed by atoms with Crippen molar-refractivity contribution >= 4 is 5.97 Å². The van der Waals surface area contributed by atoms with Gasteiger partial charge >= 0.3 is 5.97 Å². The van der Waals surface area contributed by atoms with Gasteiger partial charge in [-0.15, -0.1) is 0 Å². The van der Waals surface area contributed by atoms with Crippen molar-refractivity contribution in [3.05, 3.63) is 35.9 Å². The summed E-state index contributed by atoms with van der Waals surface area (Å²) in [6.07, 6.45) is 5.00. The minimum absolute atomic E-state index is 0.224. The molecule has 0 amide bonds. The molecule has 1 aromatic carbocycles. The number of rotatable bonds is 4. The lowest BCUT2D eigenvalue weighted by Gasteiger charge is -2.39. The highest BCUT2D eigenvalue weighted by Crippen LogP contribution is 2.41. The van der Waals surface area contributed by atoms with Crippen LogP contribution in [0.1, 0.15) is 31.2 Å². The van der Waals surface area contributed by atoms with Gasteiger partial charge in [-0.1, -0.05) is 43.2 Å². The second-order valence-electron chi connectivity index (χ2n) is 6.43. The lowest BCUT2D eigenvalue weighted by Crippen LogP contribution is -2.56. The van der Waals surface area contributed by atoms with Crippen LogP contribution in [0.5, 0.6) is 0 Å².